The van der Waals surface area contributed by atoms with Crippen LogP contribution in [0.3, 0.4) is 0 Å². The zero-order valence-corrected chi connectivity index (χ0v) is 14.8. The van der Waals surface area contributed by atoms with E-state index in [-0.39, 0.29) is 30.7 Å². The monoisotopic (exact) mass is 419 g/mol. The van der Waals surface area contributed by atoms with Crippen LogP contribution in [0.5, 0.6) is 11.5 Å². The van der Waals surface area contributed by atoms with Crippen LogP contribution in [0.15, 0.2) is 47.5 Å². The van der Waals surface area contributed by atoms with Gasteiger partial charge in [0.25, 0.3) is 0 Å². The summed E-state index contributed by atoms with van der Waals surface area (Å²) in [5, 5.41) is 0. The molecule has 0 bridgehead atoms. The highest BCUT2D eigenvalue weighted by Gasteiger charge is 2.43. The van der Waals surface area contributed by atoms with E-state index in [4.69, 9.17) is 9.47 Å². The summed E-state index contributed by atoms with van der Waals surface area (Å²) in [5.41, 5.74) is -0.327. The zero-order chi connectivity index (χ0) is 21.0. The number of aliphatic imine (C=N–C) groups is 1. The number of hydrogen-bond donors (Lipinski definition) is 0. The van der Waals surface area contributed by atoms with E-state index in [1.807, 2.05) is 0 Å². The second kappa shape index (κ2) is 8.62. The number of halogens is 6. The van der Waals surface area contributed by atoms with Gasteiger partial charge in [-0.2, -0.15) is 17.6 Å². The number of alkyl halides is 4. The molecule has 1 heterocycles. The summed E-state index contributed by atoms with van der Waals surface area (Å²) in [6.07, 6.45) is -8.17. The molecule has 1 aliphatic rings. The molecule has 0 fully saturated rings. The first-order valence-corrected chi connectivity index (χ1v) is 8.49. The van der Waals surface area contributed by atoms with Gasteiger partial charge in [0, 0.05) is 6.42 Å². The normalized spacial score (nSPS) is 16.5. The predicted octanol–water partition coefficient (Wildman–Crippen LogP) is 4.82. The molecule has 3 rings (SSSR count). The number of rotatable bonds is 8. The molecule has 2 aromatic carbocycles. The van der Waals surface area contributed by atoms with Crippen LogP contribution >= 0.6 is 0 Å². The van der Waals surface area contributed by atoms with E-state index in [9.17, 15) is 26.3 Å². The van der Waals surface area contributed by atoms with Crippen molar-refractivity contribution in [3.63, 3.8) is 0 Å². The third-order valence-electron chi connectivity index (χ3n) is 3.94. The maximum Gasteiger partial charge on any atom is 0.461 e. The molecule has 0 amide bonds. The summed E-state index contributed by atoms with van der Waals surface area (Å²) in [6, 6.07) is 7.77. The second-order valence-corrected chi connectivity index (χ2v) is 6.07. The fourth-order valence-corrected chi connectivity index (χ4v) is 2.52. The Morgan fingerprint density at radius 1 is 1.03 bits per heavy atom. The average Bonchev–Trinajstić information content (AvgIpc) is 3.11. The number of nitrogens with zero attached hydrogens (tertiary/aromatic N) is 1. The molecule has 1 unspecified atom stereocenters. The van der Waals surface area contributed by atoms with Crippen LogP contribution in [-0.4, -0.2) is 37.7 Å². The van der Waals surface area contributed by atoms with Crippen molar-refractivity contribution in [1.82, 2.24) is 0 Å². The van der Waals surface area contributed by atoms with Crippen LogP contribution in [0.25, 0.3) is 0 Å². The van der Waals surface area contributed by atoms with E-state index in [0.29, 0.717) is 12.2 Å². The van der Waals surface area contributed by atoms with Gasteiger partial charge in [0.2, 0.25) is 5.90 Å². The third kappa shape index (κ3) is 5.12. The molecule has 0 spiro atoms. The summed E-state index contributed by atoms with van der Waals surface area (Å²) in [5.74, 6) is -1.82. The average molecular weight is 419 g/mol. The summed E-state index contributed by atoms with van der Waals surface area (Å²) >= 11 is 0. The molecule has 156 valence electrons. The lowest BCUT2D eigenvalue weighted by molar-refractivity contribution is -0.253. The van der Waals surface area contributed by atoms with E-state index >= 15 is 0 Å². The van der Waals surface area contributed by atoms with Crippen molar-refractivity contribution >= 4 is 5.90 Å². The molecule has 1 atom stereocenters. The Hall–Kier alpha value is -2.91. The lowest BCUT2D eigenvalue weighted by atomic mass is 10.2. The van der Waals surface area contributed by atoms with Gasteiger partial charge in [0.1, 0.15) is 35.3 Å². The highest BCUT2D eigenvalue weighted by Crippen LogP contribution is 2.28. The van der Waals surface area contributed by atoms with Gasteiger partial charge in [0.05, 0.1) is 12.6 Å². The van der Waals surface area contributed by atoms with E-state index in [1.165, 1.54) is 18.2 Å². The minimum Gasteiger partial charge on any atom is -0.494 e. The van der Waals surface area contributed by atoms with Crippen molar-refractivity contribution in [1.29, 1.82) is 0 Å². The molecule has 2 aromatic rings. The largest absolute Gasteiger partial charge is 0.494 e. The molecule has 0 N–H and O–H groups in total. The maximum absolute atomic E-state index is 13.8. The number of ether oxygens (including phenoxy) is 3. The van der Waals surface area contributed by atoms with Gasteiger partial charge in [-0.1, -0.05) is 6.07 Å². The van der Waals surface area contributed by atoms with Gasteiger partial charge in [-0.15, -0.1) is 0 Å². The highest BCUT2D eigenvalue weighted by molar-refractivity contribution is 5.95. The van der Waals surface area contributed by atoms with E-state index in [0.717, 1.165) is 24.3 Å². The van der Waals surface area contributed by atoms with Crippen LogP contribution in [0.1, 0.15) is 12.0 Å². The molecule has 4 nitrogen and oxygen atoms in total. The minimum absolute atomic E-state index is 0.118. The predicted molar refractivity (Wildman–Crippen MR) is 90.8 cm³/mol. The second-order valence-electron chi connectivity index (χ2n) is 6.07. The standard InChI is InChI=1S/C19H15F6NO3/c20-14-2-1-3-15(21)16(14)17-26-11(10-28-17)8-9-27-12-4-6-13(7-5-12)29-19(24,25)18(22)23/h1-7,11,18H,8-10H2. The lowest BCUT2D eigenvalue weighted by Crippen LogP contribution is -2.33. The van der Waals surface area contributed by atoms with Gasteiger partial charge in [-0.05, 0) is 36.4 Å². The Balaban J connectivity index is 1.51. The SMILES string of the molecule is Fc1cccc(F)c1C1=NC(CCOc2ccc(OC(F)(F)C(F)F)cc2)CO1. The fraction of sp³-hybridized carbons (Fsp3) is 0.316. The first-order chi connectivity index (χ1) is 13.8. The molecule has 10 heteroatoms. The van der Waals surface area contributed by atoms with Crippen molar-refractivity contribution in [2.75, 3.05) is 13.2 Å². The van der Waals surface area contributed by atoms with Gasteiger partial charge in [-0.25, -0.2) is 13.8 Å². The molecule has 0 saturated carbocycles. The van der Waals surface area contributed by atoms with E-state index in [1.54, 1.807) is 0 Å². The van der Waals surface area contributed by atoms with Gasteiger partial charge in [-0.3, -0.25) is 0 Å². The fourth-order valence-electron chi connectivity index (χ4n) is 2.52. The van der Waals surface area contributed by atoms with Gasteiger partial charge in [0.15, 0.2) is 0 Å². The van der Waals surface area contributed by atoms with Crippen LogP contribution in [0, 0.1) is 11.6 Å². The van der Waals surface area contributed by atoms with Gasteiger partial charge < -0.3 is 14.2 Å². The quantitative estimate of drug-likeness (QED) is 0.577. The molecule has 0 aliphatic carbocycles. The summed E-state index contributed by atoms with van der Waals surface area (Å²) in [7, 11) is 0. The third-order valence-corrected chi connectivity index (χ3v) is 3.94. The van der Waals surface area contributed by atoms with Crippen molar-refractivity contribution in [2.45, 2.75) is 25.0 Å². The van der Waals surface area contributed by atoms with Gasteiger partial charge >= 0.3 is 12.5 Å². The van der Waals surface area contributed by atoms with Crippen molar-refractivity contribution in [3.05, 3.63) is 59.7 Å². The molecule has 0 saturated heterocycles. The molecular formula is C19H15F6NO3. The number of hydrogen-bond acceptors (Lipinski definition) is 4. The number of benzene rings is 2. The van der Waals surface area contributed by atoms with E-state index in [2.05, 4.69) is 9.73 Å². The Labute approximate surface area is 161 Å². The molecule has 0 radical (unpaired) electrons. The Kier molecular flexibility index (Phi) is 6.19. The topological polar surface area (TPSA) is 40.0 Å². The van der Waals surface area contributed by atoms with Crippen LogP contribution < -0.4 is 9.47 Å². The Morgan fingerprint density at radius 3 is 2.28 bits per heavy atom. The van der Waals surface area contributed by atoms with E-state index < -0.39 is 29.9 Å². The smallest absolute Gasteiger partial charge is 0.461 e. The van der Waals surface area contributed by atoms with Crippen LogP contribution in [0.2, 0.25) is 0 Å². The van der Waals surface area contributed by atoms with Crippen molar-refractivity contribution < 1.29 is 40.6 Å². The van der Waals surface area contributed by atoms with Crippen molar-refractivity contribution in [3.8, 4) is 11.5 Å². The van der Waals surface area contributed by atoms with Crippen molar-refractivity contribution in [2.24, 2.45) is 4.99 Å². The molecule has 1 aliphatic heterocycles. The first kappa shape index (κ1) is 20.8. The highest BCUT2D eigenvalue weighted by atomic mass is 19.3. The zero-order valence-electron chi connectivity index (χ0n) is 14.8. The van der Waals surface area contributed by atoms with Crippen LogP contribution in [-0.2, 0) is 4.74 Å². The molecule has 29 heavy (non-hydrogen) atoms. The Morgan fingerprint density at radius 2 is 1.66 bits per heavy atom. The molecular weight excluding hydrogens is 404 g/mol. The lowest BCUT2D eigenvalue weighted by Gasteiger charge is -2.17. The minimum atomic E-state index is -4.59. The first-order valence-electron chi connectivity index (χ1n) is 8.49. The summed E-state index contributed by atoms with van der Waals surface area (Å²) in [4.78, 5) is 4.14. The van der Waals surface area contributed by atoms with Crippen LogP contribution in [0.4, 0.5) is 26.3 Å². The summed E-state index contributed by atoms with van der Waals surface area (Å²) < 4.78 is 92.0. The Bertz CT molecular complexity index is 852. The maximum atomic E-state index is 13.8. The summed E-state index contributed by atoms with van der Waals surface area (Å²) in [6.45, 7) is 0.278. The molecule has 0 aromatic heterocycles.